The largest absolute Gasteiger partial charge is 0.495 e. The molecule has 0 heterocycles. The molecule has 0 bridgehead atoms. The van der Waals surface area contributed by atoms with Crippen molar-refractivity contribution in [2.75, 3.05) is 26.0 Å². The minimum Gasteiger partial charge on any atom is -0.495 e. The predicted octanol–water partition coefficient (Wildman–Crippen LogP) is 1.63. The Morgan fingerprint density at radius 1 is 1.38 bits per heavy atom. The Kier molecular flexibility index (Phi) is 5.19. The number of methoxy groups -OCH3 is 1. The molecule has 0 unspecified atom stereocenters. The van der Waals surface area contributed by atoms with Gasteiger partial charge in [0.1, 0.15) is 5.75 Å². The maximum Gasteiger partial charge on any atom is 0.219 e. The van der Waals surface area contributed by atoms with Gasteiger partial charge in [0.2, 0.25) is 5.91 Å². The highest BCUT2D eigenvalue weighted by molar-refractivity contribution is 5.75. The first-order valence-corrected chi connectivity index (χ1v) is 5.35. The summed E-state index contributed by atoms with van der Waals surface area (Å²) in [6.45, 7) is 0.758. The van der Waals surface area contributed by atoms with Crippen molar-refractivity contribution in [3.63, 3.8) is 0 Å². The number of rotatable bonds is 6. The molecule has 88 valence electrons. The third-order valence-electron chi connectivity index (χ3n) is 2.28. The first-order chi connectivity index (χ1) is 7.77. The molecule has 0 radical (unpaired) electrons. The van der Waals surface area contributed by atoms with Gasteiger partial charge in [-0.2, -0.15) is 0 Å². The lowest BCUT2D eigenvalue weighted by Crippen LogP contribution is -2.18. The molecule has 1 amide bonds. The number of nitrogens with one attached hydrogen (secondary N) is 2. The molecule has 0 aliphatic rings. The third kappa shape index (κ3) is 3.81. The lowest BCUT2D eigenvalue weighted by Gasteiger charge is -2.10. The van der Waals surface area contributed by atoms with Crippen LogP contribution in [0.4, 0.5) is 5.69 Å². The summed E-state index contributed by atoms with van der Waals surface area (Å²) in [6, 6.07) is 7.73. The van der Waals surface area contributed by atoms with Gasteiger partial charge < -0.3 is 15.4 Å². The summed E-state index contributed by atoms with van der Waals surface area (Å²) in [6.07, 6.45) is 1.34. The average molecular weight is 222 g/mol. The number of carbonyl (C=O) groups excluding carboxylic acids is 1. The molecule has 0 atom stereocenters. The second-order valence-electron chi connectivity index (χ2n) is 3.40. The minimum absolute atomic E-state index is 0.0711. The van der Waals surface area contributed by atoms with Crippen LogP contribution >= 0.6 is 0 Å². The Hall–Kier alpha value is -1.71. The molecule has 0 saturated heterocycles. The molecule has 0 aliphatic heterocycles. The van der Waals surface area contributed by atoms with Crippen molar-refractivity contribution in [1.29, 1.82) is 0 Å². The monoisotopic (exact) mass is 222 g/mol. The number of hydrogen-bond acceptors (Lipinski definition) is 3. The van der Waals surface area contributed by atoms with Gasteiger partial charge in [-0.25, -0.2) is 0 Å². The zero-order chi connectivity index (χ0) is 11.8. The molecule has 0 fully saturated rings. The third-order valence-corrected chi connectivity index (χ3v) is 2.28. The van der Waals surface area contributed by atoms with E-state index in [1.807, 2.05) is 24.3 Å². The number of anilines is 1. The van der Waals surface area contributed by atoms with E-state index < -0.39 is 0 Å². The molecule has 4 nitrogen and oxygen atoms in total. The van der Waals surface area contributed by atoms with Crippen molar-refractivity contribution in [3.8, 4) is 5.75 Å². The second kappa shape index (κ2) is 6.71. The molecular weight excluding hydrogens is 204 g/mol. The fourth-order valence-electron chi connectivity index (χ4n) is 1.39. The summed E-state index contributed by atoms with van der Waals surface area (Å²) in [4.78, 5) is 11.0. The van der Waals surface area contributed by atoms with Crippen molar-refractivity contribution in [2.45, 2.75) is 12.8 Å². The Balaban J connectivity index is 2.34. The van der Waals surface area contributed by atoms with Crippen LogP contribution < -0.4 is 15.4 Å². The van der Waals surface area contributed by atoms with Gasteiger partial charge >= 0.3 is 0 Å². The normalized spacial score (nSPS) is 9.62. The SMILES string of the molecule is CNC(=O)CCCNc1ccccc1OC. The van der Waals surface area contributed by atoms with Crippen molar-refractivity contribution in [1.82, 2.24) is 5.32 Å². The molecule has 16 heavy (non-hydrogen) atoms. The van der Waals surface area contributed by atoms with Crippen LogP contribution in [-0.2, 0) is 4.79 Å². The maximum atomic E-state index is 11.0. The first-order valence-electron chi connectivity index (χ1n) is 5.35. The van der Waals surface area contributed by atoms with E-state index in [9.17, 15) is 4.79 Å². The van der Waals surface area contributed by atoms with E-state index in [1.165, 1.54) is 0 Å². The lowest BCUT2D eigenvalue weighted by molar-refractivity contribution is -0.120. The highest BCUT2D eigenvalue weighted by Gasteiger charge is 2.01. The highest BCUT2D eigenvalue weighted by Crippen LogP contribution is 2.22. The van der Waals surface area contributed by atoms with Crippen LogP contribution in [-0.4, -0.2) is 26.6 Å². The van der Waals surface area contributed by atoms with Crippen molar-refractivity contribution in [2.24, 2.45) is 0 Å². The molecule has 0 aromatic heterocycles. The van der Waals surface area contributed by atoms with E-state index in [4.69, 9.17) is 4.74 Å². The number of amides is 1. The van der Waals surface area contributed by atoms with E-state index in [-0.39, 0.29) is 5.91 Å². The maximum absolute atomic E-state index is 11.0. The summed E-state index contributed by atoms with van der Waals surface area (Å²) in [5, 5.41) is 5.83. The summed E-state index contributed by atoms with van der Waals surface area (Å²) >= 11 is 0. The smallest absolute Gasteiger partial charge is 0.219 e. The molecule has 4 heteroatoms. The van der Waals surface area contributed by atoms with Gasteiger partial charge in [0.25, 0.3) is 0 Å². The van der Waals surface area contributed by atoms with E-state index >= 15 is 0 Å². The van der Waals surface area contributed by atoms with Gasteiger partial charge in [0.15, 0.2) is 0 Å². The molecule has 2 N–H and O–H groups in total. The zero-order valence-electron chi connectivity index (χ0n) is 9.75. The van der Waals surface area contributed by atoms with Crippen LogP contribution in [0, 0.1) is 0 Å². The molecule has 0 saturated carbocycles. The van der Waals surface area contributed by atoms with Gasteiger partial charge in [-0.1, -0.05) is 12.1 Å². The lowest BCUT2D eigenvalue weighted by atomic mass is 10.2. The van der Waals surface area contributed by atoms with Crippen molar-refractivity contribution >= 4 is 11.6 Å². The fourth-order valence-corrected chi connectivity index (χ4v) is 1.39. The van der Waals surface area contributed by atoms with Crippen molar-refractivity contribution < 1.29 is 9.53 Å². The van der Waals surface area contributed by atoms with E-state index in [2.05, 4.69) is 10.6 Å². The van der Waals surface area contributed by atoms with Gasteiger partial charge in [0.05, 0.1) is 12.8 Å². The van der Waals surface area contributed by atoms with E-state index in [0.29, 0.717) is 6.42 Å². The second-order valence-corrected chi connectivity index (χ2v) is 3.40. The van der Waals surface area contributed by atoms with Crippen LogP contribution in [0.5, 0.6) is 5.75 Å². The Morgan fingerprint density at radius 3 is 2.81 bits per heavy atom. The first kappa shape index (κ1) is 12.4. The molecule has 0 spiro atoms. The van der Waals surface area contributed by atoms with Crippen LogP contribution in [0.1, 0.15) is 12.8 Å². The number of hydrogen-bond donors (Lipinski definition) is 2. The number of para-hydroxylation sites is 2. The average Bonchev–Trinajstić information content (AvgIpc) is 2.34. The van der Waals surface area contributed by atoms with Gasteiger partial charge in [-0.3, -0.25) is 4.79 Å². The fraction of sp³-hybridized carbons (Fsp3) is 0.417. The summed E-state index contributed by atoms with van der Waals surface area (Å²) in [5.74, 6) is 0.893. The van der Waals surface area contributed by atoms with Gasteiger partial charge in [-0.05, 0) is 18.6 Å². The number of carbonyl (C=O) groups is 1. The number of ether oxygens (including phenoxy) is 1. The molecule has 1 aromatic carbocycles. The van der Waals surface area contributed by atoms with Crippen LogP contribution in [0.25, 0.3) is 0 Å². The Bertz CT molecular complexity index is 340. The minimum atomic E-state index is 0.0711. The molecule has 1 rings (SSSR count). The predicted molar refractivity (Wildman–Crippen MR) is 64.8 cm³/mol. The van der Waals surface area contributed by atoms with E-state index in [1.54, 1.807) is 14.2 Å². The zero-order valence-corrected chi connectivity index (χ0v) is 9.75. The van der Waals surface area contributed by atoms with Crippen LogP contribution in [0.3, 0.4) is 0 Å². The quantitative estimate of drug-likeness (QED) is 0.719. The Morgan fingerprint density at radius 2 is 2.12 bits per heavy atom. The number of benzene rings is 1. The standard InChI is InChI=1S/C12H18N2O2/c1-13-12(15)8-5-9-14-10-6-3-4-7-11(10)16-2/h3-4,6-7,14H,5,8-9H2,1-2H3,(H,13,15). The molecular formula is C12H18N2O2. The summed E-state index contributed by atoms with van der Waals surface area (Å²) in [7, 11) is 3.29. The summed E-state index contributed by atoms with van der Waals surface area (Å²) in [5.41, 5.74) is 0.960. The highest BCUT2D eigenvalue weighted by atomic mass is 16.5. The van der Waals surface area contributed by atoms with E-state index in [0.717, 1.165) is 24.4 Å². The summed E-state index contributed by atoms with van der Waals surface area (Å²) < 4.78 is 5.20. The Labute approximate surface area is 96.0 Å². The van der Waals surface area contributed by atoms with Crippen LogP contribution in [0.2, 0.25) is 0 Å². The molecule has 1 aromatic rings. The molecule has 0 aliphatic carbocycles. The van der Waals surface area contributed by atoms with Gasteiger partial charge in [0, 0.05) is 20.0 Å². The topological polar surface area (TPSA) is 50.4 Å². The van der Waals surface area contributed by atoms with Crippen LogP contribution in [0.15, 0.2) is 24.3 Å². The van der Waals surface area contributed by atoms with Crippen molar-refractivity contribution in [3.05, 3.63) is 24.3 Å². The van der Waals surface area contributed by atoms with Gasteiger partial charge in [-0.15, -0.1) is 0 Å².